The number of hydrogen-bond acceptors (Lipinski definition) is 4. The molecule has 0 fully saturated rings. The minimum atomic E-state index is -0.256. The summed E-state index contributed by atoms with van der Waals surface area (Å²) in [7, 11) is 3.32. The lowest BCUT2D eigenvalue weighted by Gasteiger charge is -2.34. The summed E-state index contributed by atoms with van der Waals surface area (Å²) in [6.45, 7) is 6.75. The first kappa shape index (κ1) is 15.8. The van der Waals surface area contributed by atoms with Crippen molar-refractivity contribution in [2.75, 3.05) is 27.3 Å². The smallest absolute Gasteiger partial charge is 0.161 e. The molecule has 1 aliphatic rings. The average molecular weight is 291 g/mol. The standard InChI is InChI=1S/C17H25NO3/c1-5-17(2,12-19)11-18-7-6-13-8-15(20-3)16(21-4)9-14(13)10-18/h8-9,12H,5-7,10-11H2,1-4H3. The van der Waals surface area contributed by atoms with Gasteiger partial charge in [0.15, 0.2) is 11.5 Å². The van der Waals surface area contributed by atoms with Crippen molar-refractivity contribution in [2.45, 2.75) is 33.2 Å². The summed E-state index contributed by atoms with van der Waals surface area (Å²) in [6, 6.07) is 4.13. The zero-order valence-electron chi connectivity index (χ0n) is 13.4. The van der Waals surface area contributed by atoms with Crippen LogP contribution < -0.4 is 9.47 Å². The molecule has 1 atom stereocenters. The molecule has 1 aromatic carbocycles. The summed E-state index contributed by atoms with van der Waals surface area (Å²) in [5.74, 6) is 1.56. The van der Waals surface area contributed by atoms with E-state index in [0.717, 1.165) is 50.3 Å². The molecule has 0 aromatic heterocycles. The summed E-state index contributed by atoms with van der Waals surface area (Å²) in [6.07, 6.45) is 2.94. The molecule has 4 nitrogen and oxygen atoms in total. The normalized spacial score (nSPS) is 17.7. The SMILES string of the molecule is CCC(C)(C=O)CN1CCc2cc(OC)c(OC)cc2C1. The molecule has 2 rings (SSSR count). The van der Waals surface area contributed by atoms with Gasteiger partial charge in [-0.15, -0.1) is 0 Å². The molecule has 116 valence electrons. The fraction of sp³-hybridized carbons (Fsp3) is 0.588. The summed E-state index contributed by atoms with van der Waals surface area (Å²) in [4.78, 5) is 13.7. The highest BCUT2D eigenvalue weighted by molar-refractivity contribution is 5.59. The van der Waals surface area contributed by atoms with Crippen LogP contribution in [0.3, 0.4) is 0 Å². The number of carbonyl (C=O) groups is 1. The van der Waals surface area contributed by atoms with Crippen LogP contribution in [0.2, 0.25) is 0 Å². The van der Waals surface area contributed by atoms with Crippen LogP contribution in [0.4, 0.5) is 0 Å². The van der Waals surface area contributed by atoms with E-state index in [9.17, 15) is 4.79 Å². The molecule has 4 heteroatoms. The molecular formula is C17H25NO3. The first-order chi connectivity index (χ1) is 10.0. The number of fused-ring (bicyclic) bond motifs is 1. The van der Waals surface area contributed by atoms with E-state index in [0.29, 0.717) is 0 Å². The van der Waals surface area contributed by atoms with Gasteiger partial charge in [-0.2, -0.15) is 0 Å². The van der Waals surface area contributed by atoms with Gasteiger partial charge in [-0.1, -0.05) is 13.8 Å². The lowest BCUT2D eigenvalue weighted by molar-refractivity contribution is -0.116. The lowest BCUT2D eigenvalue weighted by atomic mass is 9.87. The Balaban J connectivity index is 2.18. The lowest BCUT2D eigenvalue weighted by Crippen LogP contribution is -2.39. The van der Waals surface area contributed by atoms with Gasteiger partial charge in [-0.25, -0.2) is 0 Å². The highest BCUT2D eigenvalue weighted by atomic mass is 16.5. The fourth-order valence-electron chi connectivity index (χ4n) is 2.82. The number of nitrogens with zero attached hydrogens (tertiary/aromatic N) is 1. The first-order valence-electron chi connectivity index (χ1n) is 7.47. The molecule has 0 N–H and O–H groups in total. The third-order valence-corrected chi connectivity index (χ3v) is 4.47. The van der Waals surface area contributed by atoms with Crippen LogP contribution in [0.15, 0.2) is 12.1 Å². The van der Waals surface area contributed by atoms with Crippen LogP contribution in [-0.4, -0.2) is 38.5 Å². The second-order valence-electron chi connectivity index (χ2n) is 6.06. The predicted octanol–water partition coefficient (Wildman–Crippen LogP) is 2.68. The van der Waals surface area contributed by atoms with Crippen molar-refractivity contribution >= 4 is 6.29 Å². The van der Waals surface area contributed by atoms with Crippen molar-refractivity contribution in [3.8, 4) is 11.5 Å². The van der Waals surface area contributed by atoms with E-state index in [1.165, 1.54) is 11.1 Å². The topological polar surface area (TPSA) is 38.8 Å². The molecule has 0 saturated carbocycles. The van der Waals surface area contributed by atoms with Gasteiger partial charge in [0.1, 0.15) is 6.29 Å². The van der Waals surface area contributed by atoms with Gasteiger partial charge in [0.25, 0.3) is 0 Å². The maximum absolute atomic E-state index is 11.3. The number of ether oxygens (including phenoxy) is 2. The molecule has 1 heterocycles. The Labute approximate surface area is 127 Å². The zero-order valence-corrected chi connectivity index (χ0v) is 13.4. The molecule has 1 aliphatic heterocycles. The van der Waals surface area contributed by atoms with Gasteiger partial charge >= 0.3 is 0 Å². The molecule has 0 bridgehead atoms. The van der Waals surface area contributed by atoms with Crippen molar-refractivity contribution in [2.24, 2.45) is 5.41 Å². The number of benzene rings is 1. The molecule has 0 radical (unpaired) electrons. The molecule has 0 aliphatic carbocycles. The molecule has 1 aromatic rings. The molecule has 1 unspecified atom stereocenters. The average Bonchev–Trinajstić information content (AvgIpc) is 2.53. The number of carbonyl (C=O) groups excluding carboxylic acids is 1. The third kappa shape index (κ3) is 3.38. The van der Waals surface area contributed by atoms with Crippen LogP contribution in [-0.2, 0) is 17.8 Å². The van der Waals surface area contributed by atoms with Crippen molar-refractivity contribution in [1.82, 2.24) is 4.90 Å². The highest BCUT2D eigenvalue weighted by Gasteiger charge is 2.27. The number of aldehydes is 1. The first-order valence-corrected chi connectivity index (χ1v) is 7.47. The summed E-state index contributed by atoms with van der Waals surface area (Å²) >= 11 is 0. The number of rotatable bonds is 6. The van der Waals surface area contributed by atoms with Crippen molar-refractivity contribution in [3.05, 3.63) is 23.3 Å². The second-order valence-corrected chi connectivity index (χ2v) is 6.06. The van der Waals surface area contributed by atoms with Crippen LogP contribution in [0, 0.1) is 5.41 Å². The molecule has 0 amide bonds. The van der Waals surface area contributed by atoms with E-state index >= 15 is 0 Å². The predicted molar refractivity (Wildman–Crippen MR) is 83.0 cm³/mol. The Morgan fingerprint density at radius 2 is 1.86 bits per heavy atom. The van der Waals surface area contributed by atoms with Crippen LogP contribution in [0.5, 0.6) is 11.5 Å². The summed E-state index contributed by atoms with van der Waals surface area (Å²) < 4.78 is 10.7. The van der Waals surface area contributed by atoms with Crippen molar-refractivity contribution in [1.29, 1.82) is 0 Å². The molecule has 0 spiro atoms. The van der Waals surface area contributed by atoms with Gasteiger partial charge in [0.2, 0.25) is 0 Å². The number of hydrogen-bond donors (Lipinski definition) is 0. The van der Waals surface area contributed by atoms with Gasteiger partial charge in [-0.05, 0) is 36.1 Å². The Morgan fingerprint density at radius 1 is 1.24 bits per heavy atom. The van der Waals surface area contributed by atoms with Crippen LogP contribution in [0.25, 0.3) is 0 Å². The van der Waals surface area contributed by atoms with E-state index in [4.69, 9.17) is 9.47 Å². The van der Waals surface area contributed by atoms with Gasteiger partial charge in [0.05, 0.1) is 14.2 Å². The van der Waals surface area contributed by atoms with Crippen molar-refractivity contribution in [3.63, 3.8) is 0 Å². The van der Waals surface area contributed by atoms with Gasteiger partial charge in [0, 0.05) is 25.0 Å². The monoisotopic (exact) mass is 291 g/mol. The van der Waals surface area contributed by atoms with E-state index in [1.807, 2.05) is 6.92 Å². The van der Waals surface area contributed by atoms with Gasteiger partial charge in [-0.3, -0.25) is 4.90 Å². The highest BCUT2D eigenvalue weighted by Crippen LogP contribution is 2.34. The Hall–Kier alpha value is -1.55. The Morgan fingerprint density at radius 3 is 2.38 bits per heavy atom. The van der Waals surface area contributed by atoms with Gasteiger partial charge < -0.3 is 14.3 Å². The molecule has 21 heavy (non-hydrogen) atoms. The van der Waals surface area contributed by atoms with E-state index in [1.54, 1.807) is 14.2 Å². The maximum Gasteiger partial charge on any atom is 0.161 e. The Kier molecular flexibility index (Phi) is 4.88. The third-order valence-electron chi connectivity index (χ3n) is 4.47. The van der Waals surface area contributed by atoms with E-state index < -0.39 is 0 Å². The van der Waals surface area contributed by atoms with Crippen molar-refractivity contribution < 1.29 is 14.3 Å². The summed E-state index contributed by atoms with van der Waals surface area (Å²) in [5, 5.41) is 0. The zero-order chi connectivity index (χ0) is 15.5. The molecular weight excluding hydrogens is 266 g/mol. The second kappa shape index (κ2) is 6.48. The van der Waals surface area contributed by atoms with E-state index in [2.05, 4.69) is 24.0 Å². The summed E-state index contributed by atoms with van der Waals surface area (Å²) in [5.41, 5.74) is 2.32. The quantitative estimate of drug-likeness (QED) is 0.755. The fourth-order valence-corrected chi connectivity index (χ4v) is 2.82. The van der Waals surface area contributed by atoms with Crippen LogP contribution in [0.1, 0.15) is 31.4 Å². The van der Waals surface area contributed by atoms with Crippen LogP contribution >= 0.6 is 0 Å². The molecule has 0 saturated heterocycles. The number of methoxy groups -OCH3 is 2. The maximum atomic E-state index is 11.3. The van der Waals surface area contributed by atoms with E-state index in [-0.39, 0.29) is 5.41 Å². The minimum absolute atomic E-state index is 0.256. The minimum Gasteiger partial charge on any atom is -0.493 e. The largest absolute Gasteiger partial charge is 0.493 e. The Bertz CT molecular complexity index is 515.